The first-order chi connectivity index (χ1) is 11.2. The first kappa shape index (κ1) is 14.4. The number of hydrogen-bond acceptors (Lipinski definition) is 3. The van der Waals surface area contributed by atoms with Gasteiger partial charge in [0.15, 0.2) is 0 Å². The average Bonchev–Trinajstić information content (AvgIpc) is 3.13. The van der Waals surface area contributed by atoms with Crippen molar-refractivity contribution in [2.45, 2.75) is 0 Å². The zero-order chi connectivity index (χ0) is 15.8. The van der Waals surface area contributed by atoms with Crippen LogP contribution in [0.1, 0.15) is 5.89 Å². The molecule has 1 aliphatic heterocycles. The Morgan fingerprint density at radius 1 is 1.13 bits per heavy atom. The summed E-state index contributed by atoms with van der Waals surface area (Å²) in [5, 5.41) is 1.27. The SMILES string of the molecule is CN1CCS/C1=C\c1oc2ccc(-c3ccccc3)cc2[n+]1C. The lowest BCUT2D eigenvalue weighted by atomic mass is 10.1. The van der Waals surface area contributed by atoms with E-state index in [2.05, 4.69) is 72.1 Å². The molecule has 116 valence electrons. The molecule has 3 nitrogen and oxygen atoms in total. The van der Waals surface area contributed by atoms with Gasteiger partial charge in [-0.2, -0.15) is 4.57 Å². The fourth-order valence-corrected chi connectivity index (χ4v) is 3.94. The molecule has 2 aromatic carbocycles. The van der Waals surface area contributed by atoms with Crippen LogP contribution in [0.25, 0.3) is 28.3 Å². The molecule has 4 heteroatoms. The van der Waals surface area contributed by atoms with E-state index in [1.807, 2.05) is 17.8 Å². The third-order valence-electron chi connectivity index (χ3n) is 4.27. The van der Waals surface area contributed by atoms with Crippen molar-refractivity contribution in [3.05, 3.63) is 59.5 Å². The lowest BCUT2D eigenvalue weighted by molar-refractivity contribution is -0.652. The molecule has 0 atom stereocenters. The van der Waals surface area contributed by atoms with Crippen molar-refractivity contribution in [3.8, 4) is 11.1 Å². The van der Waals surface area contributed by atoms with Gasteiger partial charge in [-0.15, -0.1) is 11.8 Å². The van der Waals surface area contributed by atoms with E-state index < -0.39 is 0 Å². The van der Waals surface area contributed by atoms with Gasteiger partial charge < -0.3 is 9.32 Å². The van der Waals surface area contributed by atoms with Crippen LogP contribution in [0.15, 0.2) is 58.0 Å². The van der Waals surface area contributed by atoms with Gasteiger partial charge >= 0.3 is 5.89 Å². The summed E-state index contributed by atoms with van der Waals surface area (Å²) < 4.78 is 8.17. The Balaban J connectivity index is 1.79. The van der Waals surface area contributed by atoms with E-state index in [0.717, 1.165) is 29.3 Å². The molecule has 0 aliphatic carbocycles. The summed E-state index contributed by atoms with van der Waals surface area (Å²) >= 11 is 1.88. The summed E-state index contributed by atoms with van der Waals surface area (Å²) in [4.78, 5) is 2.27. The van der Waals surface area contributed by atoms with E-state index in [1.54, 1.807) is 0 Å². The Kier molecular flexibility index (Phi) is 3.62. The molecule has 3 aromatic rings. The van der Waals surface area contributed by atoms with Gasteiger partial charge in [-0.1, -0.05) is 36.4 Å². The van der Waals surface area contributed by atoms with Crippen molar-refractivity contribution in [3.63, 3.8) is 0 Å². The average molecular weight is 323 g/mol. The molecule has 0 bridgehead atoms. The molecule has 0 saturated carbocycles. The molecule has 1 aliphatic rings. The second-order valence-electron chi connectivity index (χ2n) is 5.80. The molecule has 1 saturated heterocycles. The molecule has 2 heterocycles. The van der Waals surface area contributed by atoms with E-state index >= 15 is 0 Å². The van der Waals surface area contributed by atoms with Crippen molar-refractivity contribution < 1.29 is 8.98 Å². The van der Waals surface area contributed by atoms with Crippen molar-refractivity contribution >= 4 is 28.9 Å². The highest BCUT2D eigenvalue weighted by atomic mass is 32.2. The monoisotopic (exact) mass is 323 g/mol. The lowest BCUT2D eigenvalue weighted by Gasteiger charge is -2.08. The fraction of sp³-hybridized carbons (Fsp3) is 0.211. The van der Waals surface area contributed by atoms with Gasteiger partial charge in [0, 0.05) is 25.4 Å². The summed E-state index contributed by atoms with van der Waals surface area (Å²) in [6, 6.07) is 16.8. The second-order valence-corrected chi connectivity index (χ2v) is 6.92. The number of rotatable bonds is 2. The second kappa shape index (κ2) is 5.78. The highest BCUT2D eigenvalue weighted by molar-refractivity contribution is 8.03. The van der Waals surface area contributed by atoms with Crippen LogP contribution < -0.4 is 4.57 Å². The molecule has 23 heavy (non-hydrogen) atoms. The largest absolute Gasteiger partial charge is 0.398 e. The first-order valence-electron chi connectivity index (χ1n) is 7.76. The zero-order valence-corrected chi connectivity index (χ0v) is 14.1. The molecule has 1 fully saturated rings. The smallest absolute Gasteiger partial charge is 0.376 e. The molecule has 4 rings (SSSR count). The summed E-state index contributed by atoms with van der Waals surface area (Å²) in [7, 11) is 4.19. The highest BCUT2D eigenvalue weighted by Crippen LogP contribution is 2.29. The van der Waals surface area contributed by atoms with Gasteiger partial charge in [-0.05, 0) is 17.2 Å². The maximum Gasteiger partial charge on any atom is 0.376 e. The number of benzene rings is 2. The molecule has 0 amide bonds. The Morgan fingerprint density at radius 3 is 2.70 bits per heavy atom. The van der Waals surface area contributed by atoms with Crippen LogP contribution in [0.2, 0.25) is 0 Å². The molecule has 0 unspecified atom stereocenters. The minimum absolute atomic E-state index is 0.890. The van der Waals surface area contributed by atoms with E-state index in [-0.39, 0.29) is 0 Å². The Bertz CT molecular complexity index is 883. The van der Waals surface area contributed by atoms with Crippen LogP contribution in [-0.4, -0.2) is 24.2 Å². The minimum Gasteiger partial charge on any atom is -0.398 e. The highest BCUT2D eigenvalue weighted by Gasteiger charge is 2.21. The molecule has 0 radical (unpaired) electrons. The van der Waals surface area contributed by atoms with Gasteiger partial charge in [0.05, 0.1) is 11.1 Å². The van der Waals surface area contributed by atoms with Crippen LogP contribution in [-0.2, 0) is 7.05 Å². The number of thioether (sulfide) groups is 1. The van der Waals surface area contributed by atoms with Crippen LogP contribution in [0, 0.1) is 0 Å². The van der Waals surface area contributed by atoms with Gasteiger partial charge in [0.1, 0.15) is 7.05 Å². The zero-order valence-electron chi connectivity index (χ0n) is 13.3. The summed E-state index contributed by atoms with van der Waals surface area (Å²) in [6.45, 7) is 1.10. The van der Waals surface area contributed by atoms with Crippen LogP contribution in [0.3, 0.4) is 0 Å². The summed E-state index contributed by atoms with van der Waals surface area (Å²) in [6.07, 6.45) is 2.14. The third-order valence-corrected chi connectivity index (χ3v) is 5.38. The Hall–Kier alpha value is -2.20. The summed E-state index contributed by atoms with van der Waals surface area (Å²) in [5.41, 5.74) is 4.47. The molecule has 0 spiro atoms. The lowest BCUT2D eigenvalue weighted by Crippen LogP contribution is -2.29. The standard InChI is InChI=1S/C19H19N2OS/c1-20-10-11-23-19(20)13-18-21(2)16-12-15(8-9-17(16)22-18)14-6-4-3-5-7-14/h3-9,12-13H,10-11H2,1-2H3/q+1. The van der Waals surface area contributed by atoms with Crippen molar-refractivity contribution in [2.24, 2.45) is 7.05 Å². The number of aryl methyl sites for hydroxylation is 1. The Labute approximate surface area is 140 Å². The number of hydrogen-bond donors (Lipinski definition) is 0. The number of fused-ring (bicyclic) bond motifs is 1. The van der Waals surface area contributed by atoms with Gasteiger partial charge in [-0.3, -0.25) is 0 Å². The molecule has 0 N–H and O–H groups in total. The van der Waals surface area contributed by atoms with Crippen LogP contribution >= 0.6 is 11.8 Å². The van der Waals surface area contributed by atoms with E-state index in [1.165, 1.54) is 16.2 Å². The van der Waals surface area contributed by atoms with E-state index in [0.29, 0.717) is 0 Å². The topological polar surface area (TPSA) is 20.3 Å². The summed E-state index contributed by atoms with van der Waals surface area (Å²) in [5.74, 6) is 2.03. The number of nitrogens with zero attached hydrogens (tertiary/aromatic N) is 2. The van der Waals surface area contributed by atoms with Crippen molar-refractivity contribution in [2.75, 3.05) is 19.3 Å². The fourth-order valence-electron chi connectivity index (χ4n) is 2.87. The maximum absolute atomic E-state index is 6.05. The number of aromatic nitrogens is 1. The van der Waals surface area contributed by atoms with E-state index in [4.69, 9.17) is 4.42 Å². The first-order valence-corrected chi connectivity index (χ1v) is 8.74. The van der Waals surface area contributed by atoms with Crippen molar-refractivity contribution in [1.29, 1.82) is 0 Å². The van der Waals surface area contributed by atoms with Gasteiger partial charge in [0.25, 0.3) is 5.52 Å². The van der Waals surface area contributed by atoms with Crippen LogP contribution in [0.5, 0.6) is 0 Å². The molecule has 1 aromatic heterocycles. The quantitative estimate of drug-likeness (QED) is 0.667. The maximum atomic E-state index is 6.05. The molecular weight excluding hydrogens is 304 g/mol. The van der Waals surface area contributed by atoms with Crippen LogP contribution in [0.4, 0.5) is 0 Å². The van der Waals surface area contributed by atoms with Gasteiger partial charge in [0.2, 0.25) is 5.58 Å². The molecular formula is C19H19N2OS+. The number of oxazole rings is 1. The predicted octanol–water partition coefficient (Wildman–Crippen LogP) is 3.90. The minimum atomic E-state index is 0.890. The predicted molar refractivity (Wildman–Crippen MR) is 95.9 cm³/mol. The van der Waals surface area contributed by atoms with Gasteiger partial charge in [-0.25, -0.2) is 0 Å². The van der Waals surface area contributed by atoms with Crippen molar-refractivity contribution in [1.82, 2.24) is 4.90 Å². The Morgan fingerprint density at radius 2 is 1.96 bits per heavy atom. The normalized spacial score (nSPS) is 16.6. The third kappa shape index (κ3) is 2.63. The van der Waals surface area contributed by atoms with E-state index in [9.17, 15) is 0 Å².